The summed E-state index contributed by atoms with van der Waals surface area (Å²) in [5, 5.41) is 18.7. The number of carboxylic acid groups (broad SMARTS) is 1. The Morgan fingerprint density at radius 2 is 2.09 bits per heavy atom. The van der Waals surface area contributed by atoms with E-state index >= 15 is 0 Å². The molecule has 1 aromatic rings. The Balaban J connectivity index is 2.17. The summed E-state index contributed by atoms with van der Waals surface area (Å²) in [6, 6.07) is 4.44. The fourth-order valence-corrected chi connectivity index (χ4v) is 2.94. The molecule has 0 spiro atoms. The van der Waals surface area contributed by atoms with E-state index in [0.717, 1.165) is 31.4 Å². The second-order valence-electron chi connectivity index (χ2n) is 6.04. The topological polar surface area (TPSA) is 81.1 Å². The third-order valence-electron chi connectivity index (χ3n) is 4.33. The Labute approximate surface area is 136 Å². The summed E-state index contributed by atoms with van der Waals surface area (Å²) in [5.74, 6) is -1.26. The lowest BCUT2D eigenvalue weighted by molar-refractivity contribution is -0.140. The number of unbranched alkanes of at least 4 members (excludes halogenated alkanes) is 1. The number of piperazine rings is 1. The van der Waals surface area contributed by atoms with Crippen molar-refractivity contribution in [2.45, 2.75) is 38.8 Å². The van der Waals surface area contributed by atoms with Crippen LogP contribution in [-0.4, -0.2) is 58.1 Å². The van der Waals surface area contributed by atoms with Crippen LogP contribution in [0.1, 0.15) is 42.1 Å². The minimum absolute atomic E-state index is 0.104. The average Bonchev–Trinajstić information content (AvgIpc) is 2.52. The number of carboxylic acids is 1. The van der Waals surface area contributed by atoms with Gasteiger partial charge in [-0.3, -0.25) is 9.69 Å². The van der Waals surface area contributed by atoms with E-state index in [0.29, 0.717) is 13.1 Å². The molecule has 6 nitrogen and oxygen atoms in total. The van der Waals surface area contributed by atoms with Crippen LogP contribution in [0.2, 0.25) is 0 Å². The van der Waals surface area contributed by atoms with Crippen molar-refractivity contribution in [1.82, 2.24) is 9.80 Å². The van der Waals surface area contributed by atoms with Crippen LogP contribution >= 0.6 is 0 Å². The van der Waals surface area contributed by atoms with Crippen LogP contribution in [0.15, 0.2) is 18.2 Å². The van der Waals surface area contributed by atoms with E-state index in [4.69, 9.17) is 5.11 Å². The molecule has 6 heteroatoms. The van der Waals surface area contributed by atoms with Gasteiger partial charge in [-0.1, -0.05) is 25.8 Å². The smallest absolute Gasteiger partial charge is 0.339 e. The number of hydrogen-bond acceptors (Lipinski definition) is 4. The fraction of sp³-hybridized carbons (Fsp3) is 0.529. The van der Waals surface area contributed by atoms with E-state index < -0.39 is 5.97 Å². The number of aromatic hydroxyl groups is 1. The number of nitrogens with zero attached hydrogens (tertiary/aromatic N) is 2. The van der Waals surface area contributed by atoms with Gasteiger partial charge in [0.25, 0.3) is 0 Å². The zero-order chi connectivity index (χ0) is 17.0. The van der Waals surface area contributed by atoms with Gasteiger partial charge >= 0.3 is 5.97 Å². The minimum Gasteiger partial charge on any atom is -0.507 e. The number of amides is 1. The summed E-state index contributed by atoms with van der Waals surface area (Å²) in [5.41, 5.74) is 0.687. The second-order valence-corrected chi connectivity index (χ2v) is 6.04. The molecule has 1 heterocycles. The van der Waals surface area contributed by atoms with Crippen molar-refractivity contribution in [1.29, 1.82) is 0 Å². The summed E-state index contributed by atoms with van der Waals surface area (Å²) in [6.45, 7) is 4.04. The minimum atomic E-state index is -1.15. The number of aromatic carboxylic acids is 1. The highest BCUT2D eigenvalue weighted by Crippen LogP contribution is 2.23. The maximum Gasteiger partial charge on any atom is 0.339 e. The van der Waals surface area contributed by atoms with E-state index in [2.05, 4.69) is 11.8 Å². The van der Waals surface area contributed by atoms with Crippen LogP contribution in [-0.2, 0) is 11.3 Å². The summed E-state index contributed by atoms with van der Waals surface area (Å²) in [6.07, 6.45) is 2.82. The van der Waals surface area contributed by atoms with Crippen LogP contribution in [0.5, 0.6) is 5.75 Å². The highest BCUT2D eigenvalue weighted by atomic mass is 16.4. The largest absolute Gasteiger partial charge is 0.507 e. The normalized spacial score (nSPS) is 19.1. The first-order valence-corrected chi connectivity index (χ1v) is 7.98. The number of carbonyl (C=O) groups is 2. The van der Waals surface area contributed by atoms with Crippen LogP contribution in [0.25, 0.3) is 0 Å². The molecule has 0 bridgehead atoms. The maximum atomic E-state index is 12.4. The van der Waals surface area contributed by atoms with Crippen molar-refractivity contribution in [3.8, 4) is 5.75 Å². The molecule has 0 aliphatic carbocycles. The number of likely N-dealkylation sites (N-methyl/N-ethyl adjacent to an activating group) is 1. The van der Waals surface area contributed by atoms with Gasteiger partial charge in [-0.2, -0.15) is 0 Å². The molecular formula is C17H24N2O4. The Morgan fingerprint density at radius 3 is 2.74 bits per heavy atom. The lowest BCUT2D eigenvalue weighted by atomic mass is 10.0. The Hall–Kier alpha value is -2.08. The summed E-state index contributed by atoms with van der Waals surface area (Å²) < 4.78 is 0. The van der Waals surface area contributed by atoms with E-state index in [9.17, 15) is 14.7 Å². The van der Waals surface area contributed by atoms with Gasteiger partial charge in [-0.25, -0.2) is 4.79 Å². The molecule has 1 fully saturated rings. The van der Waals surface area contributed by atoms with Gasteiger partial charge in [0.15, 0.2) is 0 Å². The lowest BCUT2D eigenvalue weighted by Crippen LogP contribution is -2.55. The Kier molecular flexibility index (Phi) is 5.60. The van der Waals surface area contributed by atoms with Crippen LogP contribution in [0.4, 0.5) is 0 Å². The van der Waals surface area contributed by atoms with Gasteiger partial charge in [0, 0.05) is 26.7 Å². The predicted molar refractivity (Wildman–Crippen MR) is 86.4 cm³/mol. The zero-order valence-corrected chi connectivity index (χ0v) is 13.7. The molecule has 0 radical (unpaired) electrons. The standard InChI is InChI=1S/C17H24N2O4/c1-3-4-5-14-16(21)18(2)8-9-19(14)11-12-6-7-15(20)13(10-12)17(22)23/h6-7,10,14,20H,3-5,8-9,11H2,1-2H3,(H,22,23)/t14-/m1/s1. The summed E-state index contributed by atoms with van der Waals surface area (Å²) >= 11 is 0. The third-order valence-corrected chi connectivity index (χ3v) is 4.33. The van der Waals surface area contributed by atoms with Crippen molar-refractivity contribution in [3.63, 3.8) is 0 Å². The zero-order valence-electron chi connectivity index (χ0n) is 13.7. The Bertz CT molecular complexity index is 588. The first-order chi connectivity index (χ1) is 10.9. The van der Waals surface area contributed by atoms with Gasteiger partial charge in [-0.05, 0) is 24.1 Å². The molecule has 1 aliphatic rings. The van der Waals surface area contributed by atoms with Crippen molar-refractivity contribution in [2.75, 3.05) is 20.1 Å². The first kappa shape index (κ1) is 17.3. The van der Waals surface area contributed by atoms with Crippen molar-refractivity contribution >= 4 is 11.9 Å². The van der Waals surface area contributed by atoms with Crippen molar-refractivity contribution in [3.05, 3.63) is 29.3 Å². The van der Waals surface area contributed by atoms with Crippen LogP contribution < -0.4 is 0 Å². The molecule has 2 rings (SSSR count). The molecule has 1 amide bonds. The van der Waals surface area contributed by atoms with Crippen molar-refractivity contribution < 1.29 is 19.8 Å². The molecule has 1 aliphatic heterocycles. The SMILES string of the molecule is CCCC[C@@H]1C(=O)N(C)CCN1Cc1ccc(O)c(C(=O)O)c1. The monoisotopic (exact) mass is 320 g/mol. The number of carbonyl (C=O) groups excluding carboxylic acids is 1. The first-order valence-electron chi connectivity index (χ1n) is 7.98. The molecule has 1 saturated heterocycles. The van der Waals surface area contributed by atoms with Gasteiger partial charge in [0.1, 0.15) is 11.3 Å². The molecule has 1 aromatic carbocycles. The molecule has 0 unspecified atom stereocenters. The average molecular weight is 320 g/mol. The van der Waals surface area contributed by atoms with Gasteiger partial charge in [-0.15, -0.1) is 0 Å². The number of benzene rings is 1. The third kappa shape index (κ3) is 4.01. The molecular weight excluding hydrogens is 296 g/mol. The summed E-state index contributed by atoms with van der Waals surface area (Å²) in [7, 11) is 1.82. The number of phenols is 1. The van der Waals surface area contributed by atoms with Gasteiger partial charge in [0.2, 0.25) is 5.91 Å². The predicted octanol–water partition coefficient (Wildman–Crippen LogP) is 1.92. The highest BCUT2D eigenvalue weighted by molar-refractivity contribution is 5.90. The Morgan fingerprint density at radius 1 is 1.35 bits per heavy atom. The number of hydrogen-bond donors (Lipinski definition) is 2. The fourth-order valence-electron chi connectivity index (χ4n) is 2.94. The molecule has 1 atom stereocenters. The molecule has 2 N–H and O–H groups in total. The van der Waals surface area contributed by atoms with E-state index in [1.165, 1.54) is 12.1 Å². The maximum absolute atomic E-state index is 12.4. The molecule has 0 aromatic heterocycles. The lowest BCUT2D eigenvalue weighted by Gasteiger charge is -2.39. The molecule has 126 valence electrons. The highest BCUT2D eigenvalue weighted by Gasteiger charge is 2.32. The summed E-state index contributed by atoms with van der Waals surface area (Å²) in [4.78, 5) is 27.4. The van der Waals surface area contributed by atoms with Gasteiger partial charge in [0.05, 0.1) is 6.04 Å². The van der Waals surface area contributed by atoms with E-state index in [-0.39, 0.29) is 23.3 Å². The van der Waals surface area contributed by atoms with Crippen LogP contribution in [0, 0.1) is 0 Å². The molecule has 0 saturated carbocycles. The second kappa shape index (κ2) is 7.46. The van der Waals surface area contributed by atoms with E-state index in [1.807, 2.05) is 7.05 Å². The van der Waals surface area contributed by atoms with Crippen LogP contribution in [0.3, 0.4) is 0 Å². The number of rotatable bonds is 6. The molecule has 23 heavy (non-hydrogen) atoms. The van der Waals surface area contributed by atoms with Gasteiger partial charge < -0.3 is 15.1 Å². The quantitative estimate of drug-likeness (QED) is 0.837. The van der Waals surface area contributed by atoms with Crippen molar-refractivity contribution in [2.24, 2.45) is 0 Å². The van der Waals surface area contributed by atoms with E-state index in [1.54, 1.807) is 11.0 Å².